The molecule has 7 aliphatic rings. The van der Waals surface area contributed by atoms with Gasteiger partial charge < -0.3 is 24.4 Å². The van der Waals surface area contributed by atoms with Crippen LogP contribution in [0.5, 0.6) is 0 Å². The highest BCUT2D eigenvalue weighted by molar-refractivity contribution is 5.99. The van der Waals surface area contributed by atoms with Crippen LogP contribution in [0.25, 0.3) is 0 Å². The number of hydrogen-bond donors (Lipinski definition) is 2. The second kappa shape index (κ2) is 6.43. The molecule has 0 aromatic carbocycles. The van der Waals surface area contributed by atoms with Crippen LogP contribution in [-0.2, 0) is 33.4 Å². The minimum absolute atomic E-state index is 0.0426. The number of esters is 2. The van der Waals surface area contributed by atoms with E-state index in [1.807, 2.05) is 19.1 Å². The lowest BCUT2D eigenvalue weighted by Gasteiger charge is -2.61. The molecule has 0 aromatic rings. The lowest BCUT2D eigenvalue weighted by atomic mass is 9.46. The van der Waals surface area contributed by atoms with Crippen LogP contribution >= 0.6 is 0 Å². The van der Waals surface area contributed by atoms with Gasteiger partial charge in [0.1, 0.15) is 11.9 Å². The highest BCUT2D eigenvalue weighted by Gasteiger charge is 2.91. The fourth-order valence-electron chi connectivity index (χ4n) is 9.44. The summed E-state index contributed by atoms with van der Waals surface area (Å²) in [4.78, 5) is 54.5. The molecule has 5 fully saturated rings. The molecule has 198 valence electrons. The third-order valence-corrected chi connectivity index (χ3v) is 11.8. The number of aliphatic hydroxyl groups is 2. The highest BCUT2D eigenvalue weighted by atomic mass is 16.7. The maximum absolute atomic E-state index is 14.6. The molecule has 4 bridgehead atoms. The van der Waals surface area contributed by atoms with Crippen LogP contribution < -0.4 is 0 Å². The van der Waals surface area contributed by atoms with Gasteiger partial charge in [-0.05, 0) is 56.4 Å². The Morgan fingerprint density at radius 1 is 1.05 bits per heavy atom. The van der Waals surface area contributed by atoms with Crippen molar-refractivity contribution in [1.29, 1.82) is 0 Å². The van der Waals surface area contributed by atoms with E-state index in [1.165, 1.54) is 6.92 Å². The Morgan fingerprint density at radius 2 is 1.78 bits per heavy atom. The van der Waals surface area contributed by atoms with Crippen molar-refractivity contribution in [3.05, 3.63) is 23.8 Å². The van der Waals surface area contributed by atoms with Crippen molar-refractivity contribution < 1.29 is 43.6 Å². The summed E-state index contributed by atoms with van der Waals surface area (Å²) in [6.45, 7) is 6.80. The van der Waals surface area contributed by atoms with Gasteiger partial charge in [0.15, 0.2) is 22.6 Å². The smallest absolute Gasteiger partial charge is 0.342 e. The summed E-state index contributed by atoms with van der Waals surface area (Å²) >= 11 is 0. The van der Waals surface area contributed by atoms with Crippen molar-refractivity contribution >= 4 is 23.5 Å². The lowest BCUT2D eigenvalue weighted by molar-refractivity contribution is -0.346. The van der Waals surface area contributed by atoms with E-state index in [1.54, 1.807) is 19.9 Å². The Balaban J connectivity index is 1.50. The Kier molecular flexibility index (Phi) is 4.13. The molecule has 1 spiro atoms. The minimum Gasteiger partial charge on any atom is -0.458 e. The van der Waals surface area contributed by atoms with Gasteiger partial charge in [-0.25, -0.2) is 4.79 Å². The molecular weight excluding hydrogens is 480 g/mol. The highest BCUT2D eigenvalue weighted by Crippen LogP contribution is 2.73. The third-order valence-electron chi connectivity index (χ3n) is 11.8. The van der Waals surface area contributed by atoms with Gasteiger partial charge in [0.25, 0.3) is 0 Å². The second-order valence-corrected chi connectivity index (χ2v) is 12.9. The van der Waals surface area contributed by atoms with Crippen molar-refractivity contribution in [2.45, 2.75) is 88.5 Å². The van der Waals surface area contributed by atoms with Gasteiger partial charge in [-0.1, -0.05) is 32.1 Å². The first-order valence-corrected chi connectivity index (χ1v) is 13.3. The second-order valence-electron chi connectivity index (χ2n) is 12.9. The number of ether oxygens (including phenoxy) is 3. The van der Waals surface area contributed by atoms with Gasteiger partial charge in [0.2, 0.25) is 5.79 Å². The van der Waals surface area contributed by atoms with Crippen molar-refractivity contribution in [2.24, 2.45) is 34.5 Å². The standard InChI is InChI=1S/C28H32O9/c1-13-21(31)35-18-12-23(13,2)19-20(30)27(34)16-9-8-14-6-5-7-17(29)24(14,3)15(16)10-11-26(33)22(32)36-25(18,4)28(19,26)37-27/h5-6,8,13,15-16,18-19,33-34H,7,9-12H2,1-4H3/t13-,15+,16-,18-,19+,23-,24+,25+,26+,27-,28+/m1/s1. The molecule has 3 aliphatic carbocycles. The normalized spacial score (nSPS) is 57.4. The number of fused-ring (bicyclic) bond motifs is 9. The number of Topliss-reactive ketones (excluding diaryl/α,β-unsaturated/α-hetero) is 2. The first-order valence-electron chi connectivity index (χ1n) is 13.3. The average Bonchev–Trinajstić information content (AvgIpc) is 3.19. The predicted molar refractivity (Wildman–Crippen MR) is 124 cm³/mol. The molecule has 1 saturated carbocycles. The fraction of sp³-hybridized carbons (Fsp3) is 0.714. The number of ketones is 2. The summed E-state index contributed by atoms with van der Waals surface area (Å²) in [5, 5.41) is 24.6. The van der Waals surface area contributed by atoms with Crippen molar-refractivity contribution in [3.63, 3.8) is 0 Å². The fourth-order valence-corrected chi connectivity index (χ4v) is 9.44. The maximum atomic E-state index is 14.6. The number of hydrogen-bond acceptors (Lipinski definition) is 9. The Bertz CT molecular complexity index is 1270. The van der Waals surface area contributed by atoms with Gasteiger partial charge >= 0.3 is 11.9 Å². The van der Waals surface area contributed by atoms with Gasteiger partial charge in [0.05, 0.1) is 17.3 Å². The summed E-state index contributed by atoms with van der Waals surface area (Å²) in [5.74, 6) is -7.88. The Labute approximate surface area is 214 Å². The predicted octanol–water partition coefficient (Wildman–Crippen LogP) is 1.54. The monoisotopic (exact) mass is 512 g/mol. The van der Waals surface area contributed by atoms with Gasteiger partial charge in [0, 0.05) is 12.3 Å². The summed E-state index contributed by atoms with van der Waals surface area (Å²) in [6, 6.07) is 0. The summed E-state index contributed by atoms with van der Waals surface area (Å²) in [7, 11) is 0. The van der Waals surface area contributed by atoms with Crippen LogP contribution in [0.4, 0.5) is 0 Å². The van der Waals surface area contributed by atoms with Crippen LogP contribution in [0.2, 0.25) is 0 Å². The van der Waals surface area contributed by atoms with E-state index < -0.39 is 80.9 Å². The van der Waals surface area contributed by atoms with Crippen LogP contribution in [-0.4, -0.2) is 62.4 Å². The molecule has 0 aromatic heterocycles. The molecule has 0 radical (unpaired) electrons. The molecule has 4 saturated heterocycles. The molecule has 2 N–H and O–H groups in total. The summed E-state index contributed by atoms with van der Waals surface area (Å²) in [5.41, 5.74) is -7.19. The van der Waals surface area contributed by atoms with E-state index in [4.69, 9.17) is 14.2 Å². The molecule has 4 aliphatic heterocycles. The maximum Gasteiger partial charge on any atom is 0.342 e. The Hall–Kier alpha value is -2.36. The third kappa shape index (κ3) is 2.17. The molecule has 11 atom stereocenters. The molecule has 0 unspecified atom stereocenters. The minimum atomic E-state index is -2.39. The van der Waals surface area contributed by atoms with Crippen molar-refractivity contribution in [3.8, 4) is 0 Å². The molecular formula is C28H32O9. The lowest BCUT2D eigenvalue weighted by Crippen LogP contribution is -2.78. The van der Waals surface area contributed by atoms with E-state index in [2.05, 4.69) is 0 Å². The van der Waals surface area contributed by atoms with E-state index in [0.29, 0.717) is 0 Å². The van der Waals surface area contributed by atoms with Crippen LogP contribution in [0.3, 0.4) is 0 Å². The van der Waals surface area contributed by atoms with E-state index in [9.17, 15) is 29.4 Å². The van der Waals surface area contributed by atoms with Crippen LogP contribution in [0.15, 0.2) is 23.8 Å². The molecule has 9 nitrogen and oxygen atoms in total. The molecule has 9 heteroatoms. The zero-order valence-electron chi connectivity index (χ0n) is 21.4. The zero-order chi connectivity index (χ0) is 26.6. The van der Waals surface area contributed by atoms with E-state index >= 15 is 0 Å². The first-order chi connectivity index (χ1) is 17.2. The number of rotatable bonds is 0. The van der Waals surface area contributed by atoms with Crippen molar-refractivity contribution in [1.82, 2.24) is 0 Å². The number of carbonyl (C=O) groups is 4. The van der Waals surface area contributed by atoms with Crippen LogP contribution in [0.1, 0.15) is 59.8 Å². The van der Waals surface area contributed by atoms with Gasteiger partial charge in [-0.3, -0.25) is 14.4 Å². The summed E-state index contributed by atoms with van der Waals surface area (Å²) in [6.07, 6.45) is 5.45. The molecule has 7 rings (SSSR count). The van der Waals surface area contributed by atoms with Crippen LogP contribution in [0, 0.1) is 34.5 Å². The molecule has 0 amide bonds. The largest absolute Gasteiger partial charge is 0.458 e. The number of allylic oxidation sites excluding steroid dienone is 4. The molecule has 37 heavy (non-hydrogen) atoms. The zero-order valence-corrected chi connectivity index (χ0v) is 21.4. The Morgan fingerprint density at radius 3 is 2.51 bits per heavy atom. The van der Waals surface area contributed by atoms with Gasteiger partial charge in [-0.15, -0.1) is 0 Å². The van der Waals surface area contributed by atoms with Gasteiger partial charge in [-0.2, -0.15) is 0 Å². The topological polar surface area (TPSA) is 136 Å². The average molecular weight is 513 g/mol. The molecule has 4 heterocycles. The summed E-state index contributed by atoms with van der Waals surface area (Å²) < 4.78 is 18.1. The van der Waals surface area contributed by atoms with E-state index in [0.717, 1.165) is 5.57 Å². The first kappa shape index (κ1) is 23.7. The number of carbonyl (C=O) groups excluding carboxylic acids is 4. The SMILES string of the molecule is C[C@@H]1C(=O)O[C@@H]2C[C@@]1(C)[C@@H]1C(=O)[C@]3(O)O[C@]14[C@@]2(C)OC(=O)[C@@]4(O)CC[C@H]1[C@H]3CC=C2C=CCC(=O)[C@@]21C. The quantitative estimate of drug-likeness (QED) is 0.463. The van der Waals surface area contributed by atoms with E-state index in [-0.39, 0.29) is 37.9 Å². The van der Waals surface area contributed by atoms with Crippen molar-refractivity contribution in [2.75, 3.05) is 0 Å².